The molecule has 0 spiro atoms. The number of hydrogen-bond acceptors (Lipinski definition) is 5. The second-order valence-corrected chi connectivity index (χ2v) is 5.80. The Hall–Kier alpha value is -1.57. The van der Waals surface area contributed by atoms with Gasteiger partial charge in [0.2, 0.25) is 0 Å². The Morgan fingerprint density at radius 3 is 2.29 bits per heavy atom. The molecular weight excluding hydrogens is 316 g/mol. The number of benzene rings is 1. The van der Waals surface area contributed by atoms with Gasteiger partial charge in [-0.3, -0.25) is 14.5 Å². The Balaban J connectivity index is 0.00000161. The number of nitrogens with zero attached hydrogens (tertiary/aromatic N) is 1. The highest BCUT2D eigenvalue weighted by Gasteiger charge is 2.47. The highest BCUT2D eigenvalue weighted by molar-refractivity contribution is 8.00. The van der Waals surface area contributed by atoms with Gasteiger partial charge in [0, 0.05) is 12.3 Å². The zero-order valence-corrected chi connectivity index (χ0v) is 12.4. The molecule has 2 unspecified atom stereocenters. The average Bonchev–Trinajstić information content (AvgIpc) is 3.03. The minimum atomic E-state index is -1.19. The van der Waals surface area contributed by atoms with E-state index in [1.54, 1.807) is 24.3 Å². The van der Waals surface area contributed by atoms with Crippen molar-refractivity contribution in [2.45, 2.75) is 11.4 Å². The topological polar surface area (TPSA) is 86.7 Å². The lowest BCUT2D eigenvalue weighted by atomic mass is 10.1. The maximum absolute atomic E-state index is 12.3. The zero-order chi connectivity index (χ0) is 14.3. The van der Waals surface area contributed by atoms with Gasteiger partial charge < -0.3 is 10.4 Å². The van der Waals surface area contributed by atoms with E-state index >= 15 is 0 Å². The first-order chi connectivity index (χ1) is 9.61. The van der Waals surface area contributed by atoms with Crippen molar-refractivity contribution in [1.82, 2.24) is 10.2 Å². The van der Waals surface area contributed by atoms with Crippen LogP contribution in [0.4, 0.5) is 0 Å². The highest BCUT2D eigenvalue weighted by Crippen LogP contribution is 2.29. The largest absolute Gasteiger partial charge is 0.480 e. The predicted octanol–water partition coefficient (Wildman–Crippen LogP) is 0.820. The van der Waals surface area contributed by atoms with Crippen molar-refractivity contribution in [3.63, 3.8) is 0 Å². The molecule has 0 aliphatic carbocycles. The van der Waals surface area contributed by atoms with Gasteiger partial charge in [-0.15, -0.1) is 24.2 Å². The van der Waals surface area contributed by atoms with E-state index in [2.05, 4.69) is 5.32 Å². The number of thioether (sulfide) groups is 1. The third-order valence-corrected chi connectivity index (χ3v) is 4.61. The van der Waals surface area contributed by atoms with Crippen molar-refractivity contribution in [2.24, 2.45) is 0 Å². The van der Waals surface area contributed by atoms with Gasteiger partial charge in [-0.2, -0.15) is 0 Å². The van der Waals surface area contributed by atoms with Gasteiger partial charge in [-0.05, 0) is 12.1 Å². The Kier molecular flexibility index (Phi) is 4.55. The molecule has 8 heteroatoms. The summed E-state index contributed by atoms with van der Waals surface area (Å²) >= 11 is 1.41. The fourth-order valence-electron chi connectivity index (χ4n) is 2.48. The van der Waals surface area contributed by atoms with Crippen LogP contribution in [0.15, 0.2) is 24.3 Å². The number of carbonyl (C=O) groups excluding carboxylic acids is 2. The molecule has 112 valence electrons. The Morgan fingerprint density at radius 1 is 1.29 bits per heavy atom. The Bertz CT molecular complexity index is 569. The number of carbonyl (C=O) groups is 3. The van der Waals surface area contributed by atoms with Gasteiger partial charge in [0.25, 0.3) is 11.8 Å². The molecule has 2 amide bonds. The molecule has 0 saturated carbocycles. The van der Waals surface area contributed by atoms with E-state index in [0.717, 1.165) is 10.7 Å². The summed E-state index contributed by atoms with van der Waals surface area (Å²) in [6.45, 7) is 0.669. The molecule has 2 atom stereocenters. The number of carboxylic acid groups (broad SMARTS) is 1. The number of aliphatic carboxylic acids is 1. The molecular formula is C13H13ClN2O4S. The SMILES string of the molecule is Cl.O=C(O)C(C1NCCS1)N1C(=O)c2ccccc2C1=O. The molecule has 2 N–H and O–H groups in total. The monoisotopic (exact) mass is 328 g/mol. The predicted molar refractivity (Wildman–Crippen MR) is 79.9 cm³/mol. The lowest BCUT2D eigenvalue weighted by Gasteiger charge is -2.26. The molecule has 2 heterocycles. The van der Waals surface area contributed by atoms with Crippen LogP contribution in [-0.2, 0) is 4.79 Å². The van der Waals surface area contributed by atoms with Crippen molar-refractivity contribution < 1.29 is 19.5 Å². The third-order valence-electron chi connectivity index (χ3n) is 3.39. The molecule has 6 nitrogen and oxygen atoms in total. The molecule has 1 aromatic carbocycles. The molecule has 0 bridgehead atoms. The van der Waals surface area contributed by atoms with Crippen LogP contribution in [0.2, 0.25) is 0 Å². The van der Waals surface area contributed by atoms with Gasteiger partial charge in [-0.1, -0.05) is 12.1 Å². The van der Waals surface area contributed by atoms with Crippen LogP contribution < -0.4 is 5.32 Å². The van der Waals surface area contributed by atoms with E-state index in [1.165, 1.54) is 11.8 Å². The lowest BCUT2D eigenvalue weighted by molar-refractivity contribution is -0.141. The minimum absolute atomic E-state index is 0. The van der Waals surface area contributed by atoms with Crippen LogP contribution in [0.1, 0.15) is 20.7 Å². The van der Waals surface area contributed by atoms with Crippen LogP contribution in [0.25, 0.3) is 0 Å². The summed E-state index contributed by atoms with van der Waals surface area (Å²) in [7, 11) is 0. The number of carboxylic acids is 1. The van der Waals surface area contributed by atoms with Crippen LogP contribution in [-0.4, -0.2) is 51.5 Å². The first kappa shape index (κ1) is 15.8. The Morgan fingerprint density at radius 2 is 1.86 bits per heavy atom. The summed E-state index contributed by atoms with van der Waals surface area (Å²) in [6.07, 6.45) is 0. The smallest absolute Gasteiger partial charge is 0.329 e. The molecule has 2 aliphatic heterocycles. The van der Waals surface area contributed by atoms with Crippen molar-refractivity contribution in [3.8, 4) is 0 Å². The standard InChI is InChI=1S/C13H12N2O4S.ClH/c16-11-7-3-1-2-4-8(7)12(17)15(11)9(13(18)19)10-14-5-6-20-10;/h1-4,9-10,14H,5-6H2,(H,18,19);1H. The lowest BCUT2D eigenvalue weighted by Crippen LogP contribution is -2.53. The Labute approximate surface area is 131 Å². The number of halogens is 1. The normalized spacial score (nSPS) is 21.9. The van der Waals surface area contributed by atoms with Crippen LogP contribution in [0.5, 0.6) is 0 Å². The number of rotatable bonds is 3. The van der Waals surface area contributed by atoms with Crippen molar-refractivity contribution >= 4 is 42.0 Å². The second-order valence-electron chi connectivity index (χ2n) is 4.55. The van der Waals surface area contributed by atoms with E-state index in [1.807, 2.05) is 0 Å². The molecule has 0 aromatic heterocycles. The van der Waals surface area contributed by atoms with E-state index < -0.39 is 29.2 Å². The molecule has 21 heavy (non-hydrogen) atoms. The molecule has 3 rings (SSSR count). The fourth-order valence-corrected chi connectivity index (χ4v) is 3.63. The number of hydrogen-bond donors (Lipinski definition) is 2. The average molecular weight is 329 g/mol. The summed E-state index contributed by atoms with van der Waals surface area (Å²) < 4.78 is 0. The number of amides is 2. The summed E-state index contributed by atoms with van der Waals surface area (Å²) in [5.41, 5.74) is 0.540. The maximum atomic E-state index is 12.3. The number of fused-ring (bicyclic) bond motifs is 1. The third kappa shape index (κ3) is 2.52. The fraction of sp³-hybridized carbons (Fsp3) is 0.308. The van der Waals surface area contributed by atoms with Crippen LogP contribution in [0, 0.1) is 0 Å². The van der Waals surface area contributed by atoms with Gasteiger partial charge in [0.05, 0.1) is 16.5 Å². The number of imide groups is 1. The molecule has 1 fully saturated rings. The maximum Gasteiger partial charge on any atom is 0.329 e. The van der Waals surface area contributed by atoms with Crippen molar-refractivity contribution in [3.05, 3.63) is 35.4 Å². The summed E-state index contributed by atoms with van der Waals surface area (Å²) in [4.78, 5) is 37.0. The first-order valence-corrected chi connectivity index (χ1v) is 7.21. The van der Waals surface area contributed by atoms with Crippen LogP contribution >= 0.6 is 24.2 Å². The van der Waals surface area contributed by atoms with E-state index in [9.17, 15) is 19.5 Å². The van der Waals surface area contributed by atoms with Gasteiger partial charge in [0.1, 0.15) is 0 Å². The van der Waals surface area contributed by atoms with Gasteiger partial charge >= 0.3 is 5.97 Å². The first-order valence-electron chi connectivity index (χ1n) is 6.16. The van der Waals surface area contributed by atoms with E-state index in [4.69, 9.17) is 0 Å². The van der Waals surface area contributed by atoms with Crippen molar-refractivity contribution in [1.29, 1.82) is 0 Å². The molecule has 1 aromatic rings. The summed E-state index contributed by atoms with van der Waals surface area (Å²) in [5, 5.41) is 12.0. The minimum Gasteiger partial charge on any atom is -0.480 e. The molecule has 2 aliphatic rings. The molecule has 0 radical (unpaired) electrons. The zero-order valence-electron chi connectivity index (χ0n) is 10.8. The summed E-state index contributed by atoms with van der Waals surface area (Å²) in [6, 6.07) is 5.22. The van der Waals surface area contributed by atoms with E-state index in [-0.39, 0.29) is 23.5 Å². The van der Waals surface area contributed by atoms with Gasteiger partial charge in [0.15, 0.2) is 6.04 Å². The molecule has 1 saturated heterocycles. The number of nitrogens with one attached hydrogen (secondary N) is 1. The quantitative estimate of drug-likeness (QED) is 0.799. The highest BCUT2D eigenvalue weighted by atomic mass is 35.5. The summed E-state index contributed by atoms with van der Waals surface area (Å²) in [5.74, 6) is -1.48. The van der Waals surface area contributed by atoms with E-state index in [0.29, 0.717) is 6.54 Å². The van der Waals surface area contributed by atoms with Crippen molar-refractivity contribution in [2.75, 3.05) is 12.3 Å². The second kappa shape index (κ2) is 6.05. The van der Waals surface area contributed by atoms with Gasteiger partial charge in [-0.25, -0.2) is 4.79 Å². The van der Waals surface area contributed by atoms with Crippen LogP contribution in [0.3, 0.4) is 0 Å².